The van der Waals surface area contributed by atoms with Crippen molar-refractivity contribution in [1.29, 1.82) is 0 Å². The van der Waals surface area contributed by atoms with Gasteiger partial charge in [0, 0.05) is 48.5 Å². The molecule has 0 atom stereocenters. The summed E-state index contributed by atoms with van der Waals surface area (Å²) in [6, 6.07) is 12.7. The molecule has 1 saturated heterocycles. The Labute approximate surface area is 175 Å². The minimum Gasteiger partial charge on any atom is -0.496 e. The number of urea groups is 1. The Morgan fingerprint density at radius 3 is 2.45 bits per heavy atom. The van der Waals surface area contributed by atoms with E-state index in [1.807, 2.05) is 43.3 Å². The first-order valence-corrected chi connectivity index (χ1v) is 9.78. The summed E-state index contributed by atoms with van der Waals surface area (Å²) < 4.78 is 5.29. The number of benzene rings is 2. The maximum absolute atomic E-state index is 12.5. The Morgan fingerprint density at radius 1 is 1.07 bits per heavy atom. The van der Waals surface area contributed by atoms with Gasteiger partial charge in [-0.2, -0.15) is 0 Å². The third kappa shape index (κ3) is 5.29. The van der Waals surface area contributed by atoms with E-state index in [4.69, 9.17) is 16.3 Å². The molecule has 152 valence electrons. The molecule has 0 aromatic heterocycles. The third-order valence-electron chi connectivity index (χ3n) is 4.85. The van der Waals surface area contributed by atoms with Crippen LogP contribution in [0.25, 0.3) is 6.08 Å². The fraction of sp³-hybridized carbons (Fsp3) is 0.273. The summed E-state index contributed by atoms with van der Waals surface area (Å²) in [5, 5.41) is 3.47. The summed E-state index contributed by atoms with van der Waals surface area (Å²) in [5.74, 6) is 0.635. The molecule has 0 bridgehead atoms. The van der Waals surface area contributed by atoms with E-state index in [0.717, 1.165) is 11.1 Å². The molecule has 0 saturated carbocycles. The van der Waals surface area contributed by atoms with Crippen molar-refractivity contribution in [3.8, 4) is 5.75 Å². The van der Waals surface area contributed by atoms with E-state index in [1.165, 1.54) is 0 Å². The summed E-state index contributed by atoms with van der Waals surface area (Å²) in [6.45, 7) is 3.82. The van der Waals surface area contributed by atoms with Gasteiger partial charge in [0.2, 0.25) is 5.91 Å². The number of carbonyl (C=O) groups excluding carboxylic acids is 2. The number of nitrogens with one attached hydrogen (secondary N) is 1. The number of ether oxygens (including phenoxy) is 1. The Bertz CT molecular complexity index is 921. The molecule has 0 radical (unpaired) electrons. The lowest BCUT2D eigenvalue weighted by atomic mass is 10.2. The molecule has 0 spiro atoms. The van der Waals surface area contributed by atoms with Gasteiger partial charge in [0.15, 0.2) is 0 Å². The van der Waals surface area contributed by atoms with Gasteiger partial charge in [-0.1, -0.05) is 35.9 Å². The van der Waals surface area contributed by atoms with Gasteiger partial charge in [0.25, 0.3) is 0 Å². The summed E-state index contributed by atoms with van der Waals surface area (Å²) in [5.41, 5.74) is 2.46. The first kappa shape index (κ1) is 20.7. The first-order valence-electron chi connectivity index (χ1n) is 9.40. The van der Waals surface area contributed by atoms with E-state index in [1.54, 1.807) is 35.1 Å². The van der Waals surface area contributed by atoms with Gasteiger partial charge < -0.3 is 19.9 Å². The van der Waals surface area contributed by atoms with Crippen molar-refractivity contribution >= 4 is 35.3 Å². The number of halogens is 1. The van der Waals surface area contributed by atoms with Crippen LogP contribution in [-0.2, 0) is 4.79 Å². The highest BCUT2D eigenvalue weighted by molar-refractivity contribution is 6.31. The van der Waals surface area contributed by atoms with Crippen LogP contribution >= 0.6 is 11.6 Å². The number of methoxy groups -OCH3 is 1. The number of aryl methyl sites for hydroxylation is 1. The lowest BCUT2D eigenvalue weighted by Gasteiger charge is -2.34. The molecule has 7 heteroatoms. The minimum absolute atomic E-state index is 0.0821. The Hall–Kier alpha value is -2.99. The highest BCUT2D eigenvalue weighted by Crippen LogP contribution is 2.21. The molecular weight excluding hydrogens is 390 g/mol. The minimum atomic E-state index is -0.193. The molecule has 1 aliphatic rings. The molecule has 2 aromatic carbocycles. The van der Waals surface area contributed by atoms with Crippen molar-refractivity contribution in [2.24, 2.45) is 0 Å². The van der Waals surface area contributed by atoms with E-state index in [0.29, 0.717) is 42.6 Å². The van der Waals surface area contributed by atoms with Crippen LogP contribution in [-0.4, -0.2) is 55.0 Å². The van der Waals surface area contributed by atoms with Gasteiger partial charge in [-0.15, -0.1) is 0 Å². The van der Waals surface area contributed by atoms with Gasteiger partial charge in [-0.3, -0.25) is 4.79 Å². The van der Waals surface area contributed by atoms with E-state index < -0.39 is 0 Å². The number of hydrogen-bond acceptors (Lipinski definition) is 3. The lowest BCUT2D eigenvalue weighted by Crippen LogP contribution is -2.51. The van der Waals surface area contributed by atoms with E-state index in [-0.39, 0.29) is 11.9 Å². The number of para-hydroxylation sites is 1. The van der Waals surface area contributed by atoms with Gasteiger partial charge >= 0.3 is 6.03 Å². The normalized spacial score (nSPS) is 14.2. The maximum atomic E-state index is 12.5. The molecule has 0 unspecified atom stereocenters. The number of nitrogens with zero attached hydrogens (tertiary/aromatic N) is 2. The third-order valence-corrected chi connectivity index (χ3v) is 5.25. The number of rotatable bonds is 4. The standard InChI is InChI=1S/C22H24ClN3O3/c1-16-7-9-18(15-19(16)23)24-22(28)26-13-11-25(12-14-26)21(27)10-8-17-5-3-4-6-20(17)29-2/h3-10,15H,11-14H2,1-2H3,(H,24,28). The molecule has 6 nitrogen and oxygen atoms in total. The molecule has 2 aromatic rings. The average Bonchev–Trinajstić information content (AvgIpc) is 2.75. The van der Waals surface area contributed by atoms with Crippen LogP contribution in [0, 0.1) is 6.92 Å². The first-order chi connectivity index (χ1) is 14.0. The van der Waals surface area contributed by atoms with Crippen molar-refractivity contribution < 1.29 is 14.3 Å². The summed E-state index contributed by atoms with van der Waals surface area (Å²) in [6.07, 6.45) is 3.29. The van der Waals surface area contributed by atoms with Crippen LogP contribution in [0.15, 0.2) is 48.5 Å². The molecular formula is C22H24ClN3O3. The number of amides is 3. The van der Waals surface area contributed by atoms with Crippen molar-refractivity contribution in [2.75, 3.05) is 38.6 Å². The van der Waals surface area contributed by atoms with Crippen molar-refractivity contribution in [3.05, 3.63) is 64.7 Å². The van der Waals surface area contributed by atoms with Crippen molar-refractivity contribution in [2.45, 2.75) is 6.92 Å². The fourth-order valence-electron chi connectivity index (χ4n) is 3.07. The lowest BCUT2D eigenvalue weighted by molar-refractivity contribution is -0.127. The summed E-state index contributed by atoms with van der Waals surface area (Å²) in [7, 11) is 1.60. The van der Waals surface area contributed by atoms with Gasteiger partial charge in [0.1, 0.15) is 5.75 Å². The number of hydrogen-bond donors (Lipinski definition) is 1. The van der Waals surface area contributed by atoms with Crippen LogP contribution in [0.3, 0.4) is 0 Å². The zero-order valence-corrected chi connectivity index (χ0v) is 17.3. The second-order valence-electron chi connectivity index (χ2n) is 6.78. The monoisotopic (exact) mass is 413 g/mol. The molecule has 3 rings (SSSR count). The zero-order valence-electron chi connectivity index (χ0n) is 16.5. The average molecular weight is 414 g/mol. The summed E-state index contributed by atoms with van der Waals surface area (Å²) >= 11 is 6.11. The largest absolute Gasteiger partial charge is 0.496 e. The van der Waals surface area contributed by atoms with Crippen LogP contribution in [0.5, 0.6) is 5.75 Å². The van der Waals surface area contributed by atoms with Crippen LogP contribution < -0.4 is 10.1 Å². The smallest absolute Gasteiger partial charge is 0.321 e. The van der Waals surface area contributed by atoms with Crippen LogP contribution in [0.1, 0.15) is 11.1 Å². The van der Waals surface area contributed by atoms with Gasteiger partial charge in [-0.05, 0) is 36.8 Å². The maximum Gasteiger partial charge on any atom is 0.321 e. The molecule has 1 aliphatic heterocycles. The van der Waals surface area contributed by atoms with Crippen molar-refractivity contribution in [3.63, 3.8) is 0 Å². The van der Waals surface area contributed by atoms with Crippen LogP contribution in [0.2, 0.25) is 5.02 Å². The molecule has 1 N–H and O–H groups in total. The summed E-state index contributed by atoms with van der Waals surface area (Å²) in [4.78, 5) is 28.4. The fourth-order valence-corrected chi connectivity index (χ4v) is 3.25. The Kier molecular flexibility index (Phi) is 6.77. The molecule has 3 amide bonds. The number of carbonyl (C=O) groups is 2. The molecule has 1 heterocycles. The second-order valence-corrected chi connectivity index (χ2v) is 7.19. The zero-order chi connectivity index (χ0) is 20.8. The number of piperazine rings is 1. The Balaban J connectivity index is 1.52. The highest BCUT2D eigenvalue weighted by atomic mass is 35.5. The molecule has 0 aliphatic carbocycles. The molecule has 29 heavy (non-hydrogen) atoms. The van der Waals surface area contributed by atoms with E-state index in [9.17, 15) is 9.59 Å². The predicted molar refractivity (Wildman–Crippen MR) is 115 cm³/mol. The highest BCUT2D eigenvalue weighted by Gasteiger charge is 2.23. The quantitative estimate of drug-likeness (QED) is 0.769. The SMILES string of the molecule is COc1ccccc1C=CC(=O)N1CCN(C(=O)Nc2ccc(C)c(Cl)c2)CC1. The van der Waals surface area contributed by atoms with E-state index in [2.05, 4.69) is 5.32 Å². The number of anilines is 1. The predicted octanol–water partition coefficient (Wildman–Crippen LogP) is 4.05. The van der Waals surface area contributed by atoms with Crippen molar-refractivity contribution in [1.82, 2.24) is 9.80 Å². The van der Waals surface area contributed by atoms with Crippen LogP contribution in [0.4, 0.5) is 10.5 Å². The van der Waals surface area contributed by atoms with E-state index >= 15 is 0 Å². The van der Waals surface area contributed by atoms with Gasteiger partial charge in [0.05, 0.1) is 7.11 Å². The second kappa shape index (κ2) is 9.47. The molecule has 1 fully saturated rings. The van der Waals surface area contributed by atoms with Gasteiger partial charge in [-0.25, -0.2) is 4.79 Å². The Morgan fingerprint density at radius 2 is 1.76 bits per heavy atom. The topological polar surface area (TPSA) is 61.9 Å².